The Hall–Kier alpha value is -2.36. The molecule has 0 saturated carbocycles. The third kappa shape index (κ3) is 1.93. The van der Waals surface area contributed by atoms with Gasteiger partial charge in [0.25, 0.3) is 0 Å². The first-order valence-electron chi connectivity index (χ1n) is 5.59. The fourth-order valence-electron chi connectivity index (χ4n) is 1.78. The molecule has 2 heterocycles. The van der Waals surface area contributed by atoms with Gasteiger partial charge in [0.15, 0.2) is 5.65 Å². The van der Waals surface area contributed by atoms with Crippen LogP contribution in [0.1, 0.15) is 5.82 Å². The number of hydrogen-bond acceptors (Lipinski definition) is 3. The first kappa shape index (κ1) is 10.8. The number of nitrogens with zero attached hydrogens (tertiary/aromatic N) is 3. The zero-order valence-corrected chi connectivity index (χ0v) is 9.76. The molecule has 0 spiro atoms. The largest absolute Gasteiger partial charge is 0.241 e. The third-order valence-corrected chi connectivity index (χ3v) is 2.70. The van der Waals surface area contributed by atoms with Crippen molar-refractivity contribution in [1.82, 2.24) is 15.0 Å². The van der Waals surface area contributed by atoms with Gasteiger partial charge in [-0.2, -0.15) is 0 Å². The molecule has 0 bridgehead atoms. The van der Waals surface area contributed by atoms with Crippen molar-refractivity contribution in [3.8, 4) is 11.3 Å². The summed E-state index contributed by atoms with van der Waals surface area (Å²) >= 11 is 0. The van der Waals surface area contributed by atoms with E-state index in [1.54, 1.807) is 18.3 Å². The highest BCUT2D eigenvalue weighted by atomic mass is 19.1. The number of aromatic nitrogens is 3. The van der Waals surface area contributed by atoms with Gasteiger partial charge in [-0.3, -0.25) is 0 Å². The highest BCUT2D eigenvalue weighted by Gasteiger charge is 2.03. The Kier molecular flexibility index (Phi) is 2.48. The van der Waals surface area contributed by atoms with E-state index in [2.05, 4.69) is 15.0 Å². The molecule has 3 aromatic rings. The van der Waals surface area contributed by atoms with Crippen LogP contribution in [-0.4, -0.2) is 15.0 Å². The number of hydrogen-bond donors (Lipinski definition) is 0. The van der Waals surface area contributed by atoms with E-state index in [-0.39, 0.29) is 5.82 Å². The maximum atomic E-state index is 12.9. The summed E-state index contributed by atoms with van der Waals surface area (Å²) in [6.07, 6.45) is 1.75. The topological polar surface area (TPSA) is 38.7 Å². The van der Waals surface area contributed by atoms with Gasteiger partial charge in [-0.05, 0) is 43.3 Å². The Labute approximate surface area is 103 Å². The Balaban J connectivity index is 2.15. The summed E-state index contributed by atoms with van der Waals surface area (Å²) in [6.45, 7) is 1.83. The fraction of sp³-hybridized carbons (Fsp3) is 0.0714. The van der Waals surface area contributed by atoms with E-state index in [0.717, 1.165) is 16.6 Å². The summed E-state index contributed by atoms with van der Waals surface area (Å²) in [4.78, 5) is 12.9. The second-order valence-electron chi connectivity index (χ2n) is 4.03. The minimum Gasteiger partial charge on any atom is -0.241 e. The van der Waals surface area contributed by atoms with E-state index in [4.69, 9.17) is 0 Å². The molecule has 1 aromatic carbocycles. The molecule has 2 aromatic heterocycles. The molecular formula is C14H10FN3. The van der Waals surface area contributed by atoms with E-state index in [9.17, 15) is 4.39 Å². The number of halogens is 1. The summed E-state index contributed by atoms with van der Waals surface area (Å²) in [6, 6.07) is 10.1. The lowest BCUT2D eigenvalue weighted by Crippen LogP contribution is -1.92. The van der Waals surface area contributed by atoms with E-state index in [1.165, 1.54) is 12.1 Å². The van der Waals surface area contributed by atoms with Crippen LogP contribution < -0.4 is 0 Å². The van der Waals surface area contributed by atoms with Crippen LogP contribution in [0.2, 0.25) is 0 Å². The van der Waals surface area contributed by atoms with Crippen molar-refractivity contribution >= 4 is 11.0 Å². The predicted molar refractivity (Wildman–Crippen MR) is 67.5 cm³/mol. The van der Waals surface area contributed by atoms with Gasteiger partial charge in [0, 0.05) is 17.1 Å². The van der Waals surface area contributed by atoms with E-state index in [1.807, 2.05) is 19.1 Å². The average Bonchev–Trinajstić information content (AvgIpc) is 2.38. The summed E-state index contributed by atoms with van der Waals surface area (Å²) < 4.78 is 12.9. The number of aryl methyl sites for hydroxylation is 1. The molecule has 18 heavy (non-hydrogen) atoms. The molecule has 0 aliphatic carbocycles. The molecule has 88 valence electrons. The van der Waals surface area contributed by atoms with E-state index in [0.29, 0.717) is 11.5 Å². The maximum Gasteiger partial charge on any atom is 0.163 e. The standard InChI is InChI=1S/C14H10FN3/c1-9-16-8-11-4-7-13(18-14(11)17-9)10-2-5-12(15)6-3-10/h2-8H,1H3. The van der Waals surface area contributed by atoms with Gasteiger partial charge >= 0.3 is 0 Å². The molecule has 0 aliphatic heterocycles. The lowest BCUT2D eigenvalue weighted by Gasteiger charge is -2.03. The molecule has 0 aliphatic rings. The maximum absolute atomic E-state index is 12.9. The fourth-order valence-corrected chi connectivity index (χ4v) is 1.78. The highest BCUT2D eigenvalue weighted by Crippen LogP contribution is 2.20. The quantitative estimate of drug-likeness (QED) is 0.654. The third-order valence-electron chi connectivity index (χ3n) is 2.70. The van der Waals surface area contributed by atoms with Crippen LogP contribution in [0.4, 0.5) is 4.39 Å². The minimum absolute atomic E-state index is 0.252. The zero-order valence-electron chi connectivity index (χ0n) is 9.76. The van der Waals surface area contributed by atoms with E-state index >= 15 is 0 Å². The van der Waals surface area contributed by atoms with Crippen molar-refractivity contribution in [2.24, 2.45) is 0 Å². The van der Waals surface area contributed by atoms with E-state index < -0.39 is 0 Å². The van der Waals surface area contributed by atoms with Gasteiger partial charge in [0.2, 0.25) is 0 Å². The molecule has 0 saturated heterocycles. The lowest BCUT2D eigenvalue weighted by molar-refractivity contribution is 0.628. The second-order valence-corrected chi connectivity index (χ2v) is 4.03. The molecule has 3 nitrogen and oxygen atoms in total. The lowest BCUT2D eigenvalue weighted by atomic mass is 10.1. The molecule has 0 amide bonds. The second kappa shape index (κ2) is 4.14. The zero-order chi connectivity index (χ0) is 12.5. The number of rotatable bonds is 1. The normalized spacial score (nSPS) is 10.8. The van der Waals surface area contributed by atoms with Gasteiger partial charge < -0.3 is 0 Å². The predicted octanol–water partition coefficient (Wildman–Crippen LogP) is 3.14. The van der Waals surface area contributed by atoms with Gasteiger partial charge in [0.05, 0.1) is 5.69 Å². The van der Waals surface area contributed by atoms with Crippen LogP contribution in [-0.2, 0) is 0 Å². The van der Waals surface area contributed by atoms with Crippen molar-refractivity contribution < 1.29 is 4.39 Å². The number of benzene rings is 1. The van der Waals surface area contributed by atoms with Crippen LogP contribution in [0.5, 0.6) is 0 Å². The van der Waals surface area contributed by atoms with Crippen LogP contribution in [0, 0.1) is 12.7 Å². The van der Waals surface area contributed by atoms with Crippen molar-refractivity contribution in [3.63, 3.8) is 0 Å². The van der Waals surface area contributed by atoms with Gasteiger partial charge in [-0.25, -0.2) is 19.3 Å². The van der Waals surface area contributed by atoms with Gasteiger partial charge in [-0.1, -0.05) is 0 Å². The molecule has 0 N–H and O–H groups in total. The first-order chi connectivity index (χ1) is 8.72. The van der Waals surface area contributed by atoms with Crippen molar-refractivity contribution in [1.29, 1.82) is 0 Å². The van der Waals surface area contributed by atoms with Crippen molar-refractivity contribution in [2.45, 2.75) is 6.92 Å². The summed E-state index contributed by atoms with van der Waals surface area (Å²) in [7, 11) is 0. The van der Waals surface area contributed by atoms with Crippen molar-refractivity contribution in [2.75, 3.05) is 0 Å². The SMILES string of the molecule is Cc1ncc2ccc(-c3ccc(F)cc3)nc2n1. The molecule has 0 fully saturated rings. The summed E-state index contributed by atoms with van der Waals surface area (Å²) in [5.74, 6) is 0.434. The van der Waals surface area contributed by atoms with Crippen LogP contribution >= 0.6 is 0 Å². The Morgan fingerprint density at radius 3 is 2.50 bits per heavy atom. The van der Waals surface area contributed by atoms with Crippen LogP contribution in [0.25, 0.3) is 22.3 Å². The Morgan fingerprint density at radius 1 is 0.944 bits per heavy atom. The molecular weight excluding hydrogens is 229 g/mol. The molecule has 0 atom stereocenters. The Morgan fingerprint density at radius 2 is 1.72 bits per heavy atom. The minimum atomic E-state index is -0.252. The molecule has 0 unspecified atom stereocenters. The number of pyridine rings is 1. The average molecular weight is 239 g/mol. The highest BCUT2D eigenvalue weighted by molar-refractivity contribution is 5.77. The number of fused-ring (bicyclic) bond motifs is 1. The molecule has 0 radical (unpaired) electrons. The monoisotopic (exact) mass is 239 g/mol. The molecule has 3 rings (SSSR count). The summed E-state index contributed by atoms with van der Waals surface area (Å²) in [5.41, 5.74) is 2.31. The smallest absolute Gasteiger partial charge is 0.163 e. The molecule has 4 heteroatoms. The van der Waals surface area contributed by atoms with Crippen molar-refractivity contribution in [3.05, 3.63) is 54.2 Å². The van der Waals surface area contributed by atoms with Crippen LogP contribution in [0.3, 0.4) is 0 Å². The van der Waals surface area contributed by atoms with Crippen LogP contribution in [0.15, 0.2) is 42.6 Å². The van der Waals surface area contributed by atoms with Gasteiger partial charge in [0.1, 0.15) is 11.6 Å². The summed E-state index contributed by atoms with van der Waals surface area (Å²) in [5, 5.41) is 0.895. The Bertz CT molecular complexity index is 708. The first-order valence-corrected chi connectivity index (χ1v) is 5.59. The van der Waals surface area contributed by atoms with Gasteiger partial charge in [-0.15, -0.1) is 0 Å².